The van der Waals surface area contributed by atoms with E-state index in [1.165, 1.54) is 0 Å². The van der Waals surface area contributed by atoms with Gasteiger partial charge >= 0.3 is 0 Å². The van der Waals surface area contributed by atoms with Crippen LogP contribution in [0.15, 0.2) is 24.4 Å². The van der Waals surface area contributed by atoms with Crippen molar-refractivity contribution >= 4 is 11.5 Å². The minimum atomic E-state index is 0.0851. The molecule has 0 aliphatic carbocycles. The van der Waals surface area contributed by atoms with Crippen LogP contribution in [0, 0.1) is 0 Å². The molecule has 0 bridgehead atoms. The molecular formula is C15H19N5O. The average Bonchev–Trinajstić information content (AvgIpc) is 2.51. The van der Waals surface area contributed by atoms with Gasteiger partial charge in [-0.1, -0.05) is 0 Å². The molecule has 0 saturated carbocycles. The topological polar surface area (TPSA) is 110 Å². The lowest BCUT2D eigenvalue weighted by molar-refractivity contribution is 0.462. The Morgan fingerprint density at radius 2 is 2.19 bits per heavy atom. The van der Waals surface area contributed by atoms with Crippen LogP contribution in [0.3, 0.4) is 0 Å². The highest BCUT2D eigenvalue weighted by Gasteiger charge is 2.21. The van der Waals surface area contributed by atoms with E-state index in [0.717, 1.165) is 31.5 Å². The van der Waals surface area contributed by atoms with E-state index in [0.29, 0.717) is 23.0 Å². The molecule has 1 aliphatic heterocycles. The van der Waals surface area contributed by atoms with E-state index in [-0.39, 0.29) is 11.6 Å². The number of anilines is 2. The van der Waals surface area contributed by atoms with Gasteiger partial charge in [-0.25, -0.2) is 4.98 Å². The van der Waals surface area contributed by atoms with E-state index in [1.54, 1.807) is 18.3 Å². The Morgan fingerprint density at radius 3 is 2.90 bits per heavy atom. The molecule has 0 aromatic carbocycles. The fourth-order valence-electron chi connectivity index (χ4n) is 2.77. The normalized spacial score (nSPS) is 18.6. The van der Waals surface area contributed by atoms with Crippen LogP contribution in [-0.2, 0) is 0 Å². The highest BCUT2D eigenvalue weighted by molar-refractivity contribution is 5.72. The second-order valence-corrected chi connectivity index (χ2v) is 5.31. The van der Waals surface area contributed by atoms with E-state index >= 15 is 0 Å². The SMILES string of the molecule is Nc1nc(-c2ncccc2O)cc(C2CCCNC2)c1N. The number of aromatic nitrogens is 2. The zero-order valence-electron chi connectivity index (χ0n) is 11.7. The van der Waals surface area contributed by atoms with Gasteiger partial charge < -0.3 is 21.9 Å². The summed E-state index contributed by atoms with van der Waals surface area (Å²) < 4.78 is 0. The molecule has 6 N–H and O–H groups in total. The van der Waals surface area contributed by atoms with Gasteiger partial charge in [-0.2, -0.15) is 0 Å². The summed E-state index contributed by atoms with van der Waals surface area (Å²) in [5.74, 6) is 0.689. The Balaban J connectivity index is 2.07. The van der Waals surface area contributed by atoms with E-state index in [2.05, 4.69) is 15.3 Å². The van der Waals surface area contributed by atoms with Gasteiger partial charge in [-0.05, 0) is 49.1 Å². The third-order valence-electron chi connectivity index (χ3n) is 3.89. The van der Waals surface area contributed by atoms with Crippen LogP contribution >= 0.6 is 0 Å². The summed E-state index contributed by atoms with van der Waals surface area (Å²) in [6.45, 7) is 1.91. The van der Waals surface area contributed by atoms with Crippen molar-refractivity contribution in [2.24, 2.45) is 0 Å². The van der Waals surface area contributed by atoms with Crippen molar-refractivity contribution < 1.29 is 5.11 Å². The average molecular weight is 285 g/mol. The number of nitrogens with two attached hydrogens (primary N) is 2. The van der Waals surface area contributed by atoms with Crippen LogP contribution in [0.2, 0.25) is 0 Å². The summed E-state index contributed by atoms with van der Waals surface area (Å²) in [4.78, 5) is 8.45. The molecule has 0 amide bonds. The van der Waals surface area contributed by atoms with Crippen molar-refractivity contribution in [2.75, 3.05) is 24.6 Å². The van der Waals surface area contributed by atoms with E-state index < -0.39 is 0 Å². The summed E-state index contributed by atoms with van der Waals surface area (Å²) in [5.41, 5.74) is 14.5. The summed E-state index contributed by atoms with van der Waals surface area (Å²) in [6, 6.07) is 5.15. The van der Waals surface area contributed by atoms with Crippen molar-refractivity contribution in [1.29, 1.82) is 0 Å². The van der Waals surface area contributed by atoms with Crippen molar-refractivity contribution in [3.05, 3.63) is 30.0 Å². The van der Waals surface area contributed by atoms with Gasteiger partial charge in [-0.15, -0.1) is 0 Å². The predicted octanol–water partition coefficient (Wildman–Crippen LogP) is 1.48. The maximum Gasteiger partial charge on any atom is 0.147 e. The molecule has 21 heavy (non-hydrogen) atoms. The van der Waals surface area contributed by atoms with Gasteiger partial charge in [0.1, 0.15) is 17.3 Å². The Morgan fingerprint density at radius 1 is 1.33 bits per heavy atom. The lowest BCUT2D eigenvalue weighted by atomic mass is 9.90. The number of nitrogens with one attached hydrogen (secondary N) is 1. The smallest absolute Gasteiger partial charge is 0.147 e. The second-order valence-electron chi connectivity index (χ2n) is 5.31. The molecule has 2 aromatic heterocycles. The molecular weight excluding hydrogens is 266 g/mol. The molecule has 6 heteroatoms. The van der Waals surface area contributed by atoms with Crippen LogP contribution in [0.1, 0.15) is 24.3 Å². The largest absolute Gasteiger partial charge is 0.506 e. The molecule has 0 spiro atoms. The number of nitrogens with zero attached hydrogens (tertiary/aromatic N) is 2. The molecule has 1 unspecified atom stereocenters. The van der Waals surface area contributed by atoms with Crippen LogP contribution in [0.4, 0.5) is 11.5 Å². The molecule has 3 heterocycles. The van der Waals surface area contributed by atoms with E-state index in [9.17, 15) is 5.11 Å². The number of aromatic hydroxyl groups is 1. The zero-order valence-corrected chi connectivity index (χ0v) is 11.7. The Kier molecular flexibility index (Phi) is 3.62. The number of rotatable bonds is 2. The quantitative estimate of drug-likeness (QED) is 0.665. The summed E-state index contributed by atoms with van der Waals surface area (Å²) in [7, 11) is 0. The maximum absolute atomic E-state index is 9.94. The molecule has 3 rings (SSSR count). The fraction of sp³-hybridized carbons (Fsp3) is 0.333. The Bertz CT molecular complexity index is 653. The molecule has 0 radical (unpaired) electrons. The number of hydrogen-bond donors (Lipinski definition) is 4. The van der Waals surface area contributed by atoms with Gasteiger partial charge in [-0.3, -0.25) is 4.98 Å². The minimum Gasteiger partial charge on any atom is -0.506 e. The number of hydrogen-bond acceptors (Lipinski definition) is 6. The van der Waals surface area contributed by atoms with Crippen LogP contribution in [-0.4, -0.2) is 28.2 Å². The van der Waals surface area contributed by atoms with Gasteiger partial charge in [0.25, 0.3) is 0 Å². The van der Waals surface area contributed by atoms with E-state index in [4.69, 9.17) is 11.5 Å². The van der Waals surface area contributed by atoms with Gasteiger partial charge in [0.15, 0.2) is 0 Å². The first-order valence-corrected chi connectivity index (χ1v) is 7.07. The second kappa shape index (κ2) is 5.57. The third-order valence-corrected chi connectivity index (χ3v) is 3.89. The molecule has 1 atom stereocenters. The first-order chi connectivity index (χ1) is 10.2. The Labute approximate surface area is 123 Å². The van der Waals surface area contributed by atoms with Crippen LogP contribution < -0.4 is 16.8 Å². The monoisotopic (exact) mass is 285 g/mol. The molecule has 1 fully saturated rings. The zero-order chi connectivity index (χ0) is 14.8. The highest BCUT2D eigenvalue weighted by atomic mass is 16.3. The Hall–Kier alpha value is -2.34. The summed E-state index contributed by atoms with van der Waals surface area (Å²) in [5, 5.41) is 13.3. The first kappa shape index (κ1) is 13.6. The predicted molar refractivity (Wildman–Crippen MR) is 82.8 cm³/mol. The lowest BCUT2D eigenvalue weighted by Gasteiger charge is -2.25. The number of pyridine rings is 2. The molecule has 110 valence electrons. The number of nitrogen functional groups attached to an aromatic ring is 2. The lowest BCUT2D eigenvalue weighted by Crippen LogP contribution is -2.29. The molecule has 1 aliphatic rings. The van der Waals surface area contributed by atoms with Crippen molar-refractivity contribution in [1.82, 2.24) is 15.3 Å². The van der Waals surface area contributed by atoms with E-state index in [1.807, 2.05) is 6.07 Å². The van der Waals surface area contributed by atoms with Crippen molar-refractivity contribution in [2.45, 2.75) is 18.8 Å². The number of piperidine rings is 1. The van der Waals surface area contributed by atoms with Crippen molar-refractivity contribution in [3.8, 4) is 17.1 Å². The summed E-state index contributed by atoms with van der Waals surface area (Å²) in [6.07, 6.45) is 3.79. The van der Waals surface area contributed by atoms with Gasteiger partial charge in [0.2, 0.25) is 0 Å². The van der Waals surface area contributed by atoms with Crippen LogP contribution in [0.25, 0.3) is 11.4 Å². The van der Waals surface area contributed by atoms with Gasteiger partial charge in [0, 0.05) is 12.7 Å². The van der Waals surface area contributed by atoms with Gasteiger partial charge in [0.05, 0.1) is 11.4 Å². The highest BCUT2D eigenvalue weighted by Crippen LogP contribution is 2.35. The standard InChI is InChI=1S/C15H19N5O/c16-13-10(9-3-1-5-18-8-9)7-11(20-15(13)17)14-12(21)4-2-6-19-14/h2,4,6-7,9,18,21H,1,3,5,8,16H2,(H2,17,20). The first-order valence-electron chi connectivity index (χ1n) is 7.07. The molecule has 6 nitrogen and oxygen atoms in total. The fourth-order valence-corrected chi connectivity index (χ4v) is 2.77. The minimum absolute atomic E-state index is 0.0851. The van der Waals surface area contributed by atoms with Crippen molar-refractivity contribution in [3.63, 3.8) is 0 Å². The molecule has 1 saturated heterocycles. The van der Waals surface area contributed by atoms with Crippen LogP contribution in [0.5, 0.6) is 5.75 Å². The maximum atomic E-state index is 9.94. The molecule has 2 aromatic rings. The third kappa shape index (κ3) is 2.62. The summed E-state index contributed by atoms with van der Waals surface area (Å²) >= 11 is 0.